The van der Waals surface area contributed by atoms with E-state index in [2.05, 4.69) is 25.1 Å². The van der Waals surface area contributed by atoms with Gasteiger partial charge in [-0.05, 0) is 66.4 Å². The Morgan fingerprint density at radius 3 is 2.56 bits per heavy atom. The summed E-state index contributed by atoms with van der Waals surface area (Å²) in [7, 11) is 0. The van der Waals surface area contributed by atoms with Gasteiger partial charge in [0.15, 0.2) is 22.6 Å². The standard InChI is InChI=1S/C30H26F4N6O4S/c1-17(2)22-10-4-18(3)12-24(22)40-27(41)15-45-29(40)37-28(42)36-19-5-11-25(23(31)13-19)43-14-26-35-16-39(38-26)20-6-8-21(9-7-20)44-30(32,33)34/h4-13,16-17H,14-15H2,1-3H3,(H,36,42). The van der Waals surface area contributed by atoms with E-state index in [1.165, 1.54) is 40.2 Å². The molecule has 1 N–H and O–H groups in total. The lowest BCUT2D eigenvalue weighted by atomic mass is 9.99. The van der Waals surface area contributed by atoms with Gasteiger partial charge in [0, 0.05) is 11.8 Å². The summed E-state index contributed by atoms with van der Waals surface area (Å²) < 4.78 is 62.6. The fraction of sp³-hybridized carbons (Fsp3) is 0.233. The van der Waals surface area contributed by atoms with E-state index in [0.717, 1.165) is 41.1 Å². The van der Waals surface area contributed by atoms with E-state index < -0.39 is 18.2 Å². The highest BCUT2D eigenvalue weighted by Gasteiger charge is 2.33. The summed E-state index contributed by atoms with van der Waals surface area (Å²) in [6.07, 6.45) is -3.47. The molecule has 1 aliphatic rings. The minimum absolute atomic E-state index is 0.119. The summed E-state index contributed by atoms with van der Waals surface area (Å²) in [6, 6.07) is 13.8. The van der Waals surface area contributed by atoms with E-state index in [9.17, 15) is 27.2 Å². The number of urea groups is 1. The van der Waals surface area contributed by atoms with E-state index in [1.54, 1.807) is 0 Å². The first-order valence-electron chi connectivity index (χ1n) is 13.5. The second-order valence-electron chi connectivity index (χ2n) is 10.1. The molecule has 5 rings (SSSR count). The SMILES string of the molecule is Cc1ccc(C(C)C)c(N2C(=O)CSC2=NC(=O)Nc2ccc(OCc3ncn(-c4ccc(OC(F)(F)F)cc4)n3)c(F)c2)c1. The number of benzene rings is 3. The number of hydrogen-bond donors (Lipinski definition) is 1. The highest BCUT2D eigenvalue weighted by atomic mass is 32.2. The minimum Gasteiger partial charge on any atom is -0.482 e. The van der Waals surface area contributed by atoms with Crippen LogP contribution in [0.25, 0.3) is 5.69 Å². The number of rotatable bonds is 8. The normalized spacial score (nSPS) is 14.4. The maximum atomic E-state index is 14.8. The van der Waals surface area contributed by atoms with Gasteiger partial charge in [0.05, 0.1) is 17.1 Å². The fourth-order valence-corrected chi connectivity index (χ4v) is 5.24. The highest BCUT2D eigenvalue weighted by Crippen LogP contribution is 2.34. The first kappa shape index (κ1) is 31.5. The topological polar surface area (TPSA) is 111 Å². The van der Waals surface area contributed by atoms with Gasteiger partial charge in [-0.1, -0.05) is 37.7 Å². The third kappa shape index (κ3) is 7.78. The van der Waals surface area contributed by atoms with Crippen molar-refractivity contribution in [2.75, 3.05) is 16.0 Å². The lowest BCUT2D eigenvalue weighted by Crippen LogP contribution is -2.31. The number of alkyl halides is 3. The van der Waals surface area contributed by atoms with Crippen molar-refractivity contribution in [1.82, 2.24) is 14.8 Å². The third-order valence-corrected chi connectivity index (χ3v) is 7.35. The lowest BCUT2D eigenvalue weighted by Gasteiger charge is -2.22. The Labute approximate surface area is 259 Å². The molecule has 2 heterocycles. The van der Waals surface area contributed by atoms with Gasteiger partial charge >= 0.3 is 12.4 Å². The van der Waals surface area contributed by atoms with Crippen molar-refractivity contribution in [3.05, 3.63) is 89.8 Å². The van der Waals surface area contributed by atoms with E-state index in [-0.39, 0.29) is 52.4 Å². The van der Waals surface area contributed by atoms with Gasteiger partial charge in [-0.2, -0.15) is 4.99 Å². The smallest absolute Gasteiger partial charge is 0.482 e. The minimum atomic E-state index is -4.80. The quantitative estimate of drug-likeness (QED) is 0.207. The fourth-order valence-electron chi connectivity index (χ4n) is 4.38. The number of ether oxygens (including phenoxy) is 2. The van der Waals surface area contributed by atoms with Gasteiger partial charge in [-0.25, -0.2) is 18.9 Å². The van der Waals surface area contributed by atoms with Crippen molar-refractivity contribution in [3.8, 4) is 17.2 Å². The summed E-state index contributed by atoms with van der Waals surface area (Å²) in [5.41, 5.74) is 3.11. The summed E-state index contributed by atoms with van der Waals surface area (Å²) in [4.78, 5) is 35.1. The van der Waals surface area contributed by atoms with Gasteiger partial charge < -0.3 is 14.8 Å². The van der Waals surface area contributed by atoms with Crippen LogP contribution in [0.3, 0.4) is 0 Å². The van der Waals surface area contributed by atoms with Crippen LogP contribution in [0.5, 0.6) is 11.5 Å². The number of aryl methyl sites for hydroxylation is 1. The van der Waals surface area contributed by atoms with Gasteiger partial charge in [-0.3, -0.25) is 9.69 Å². The largest absolute Gasteiger partial charge is 0.573 e. The molecule has 3 aromatic carbocycles. The third-order valence-electron chi connectivity index (χ3n) is 6.43. The lowest BCUT2D eigenvalue weighted by molar-refractivity contribution is -0.274. The number of anilines is 2. The maximum Gasteiger partial charge on any atom is 0.573 e. The van der Waals surface area contributed by atoms with Crippen LogP contribution < -0.4 is 19.7 Å². The molecule has 0 aliphatic carbocycles. The van der Waals surface area contributed by atoms with Crippen LogP contribution in [0.2, 0.25) is 0 Å². The number of nitrogens with zero attached hydrogens (tertiary/aromatic N) is 5. The number of amidine groups is 1. The highest BCUT2D eigenvalue weighted by molar-refractivity contribution is 8.15. The van der Waals surface area contributed by atoms with Crippen LogP contribution in [0, 0.1) is 12.7 Å². The summed E-state index contributed by atoms with van der Waals surface area (Å²) in [5, 5.41) is 6.92. The number of carbonyl (C=O) groups is 2. The predicted molar refractivity (Wildman–Crippen MR) is 160 cm³/mol. The second-order valence-corrected chi connectivity index (χ2v) is 11.1. The van der Waals surface area contributed by atoms with Gasteiger partial charge in [0.1, 0.15) is 18.7 Å². The summed E-state index contributed by atoms with van der Waals surface area (Å²) in [6.45, 7) is 5.73. The molecule has 0 bridgehead atoms. The zero-order valence-corrected chi connectivity index (χ0v) is 24.9. The number of aromatic nitrogens is 3. The number of thioether (sulfide) groups is 1. The molecular weight excluding hydrogens is 616 g/mol. The molecule has 0 spiro atoms. The Morgan fingerprint density at radius 2 is 1.87 bits per heavy atom. The van der Waals surface area contributed by atoms with Crippen molar-refractivity contribution in [2.24, 2.45) is 4.99 Å². The van der Waals surface area contributed by atoms with Crippen LogP contribution >= 0.6 is 11.8 Å². The molecule has 45 heavy (non-hydrogen) atoms. The molecule has 10 nitrogen and oxygen atoms in total. The number of aliphatic imine (C=N–C) groups is 1. The van der Waals surface area contributed by atoms with E-state index in [1.807, 2.05) is 39.0 Å². The Morgan fingerprint density at radius 1 is 1.11 bits per heavy atom. The molecule has 4 aromatic rings. The number of nitrogens with one attached hydrogen (secondary N) is 1. The second kappa shape index (κ2) is 13.0. The molecule has 0 atom stereocenters. The number of amides is 3. The van der Waals surface area contributed by atoms with Crippen molar-refractivity contribution in [1.29, 1.82) is 0 Å². The average molecular weight is 643 g/mol. The van der Waals surface area contributed by atoms with E-state index >= 15 is 0 Å². The van der Waals surface area contributed by atoms with Crippen molar-refractivity contribution >= 4 is 40.2 Å². The first-order valence-corrected chi connectivity index (χ1v) is 14.5. The Bertz CT molecular complexity index is 1760. The molecule has 1 fully saturated rings. The van der Waals surface area contributed by atoms with Gasteiger partial charge in [0.25, 0.3) is 0 Å². The molecule has 15 heteroatoms. The van der Waals surface area contributed by atoms with Crippen molar-refractivity contribution in [3.63, 3.8) is 0 Å². The molecular formula is C30H26F4N6O4S. The molecule has 1 aromatic heterocycles. The van der Waals surface area contributed by atoms with E-state index in [0.29, 0.717) is 11.4 Å². The van der Waals surface area contributed by atoms with Crippen LogP contribution in [0.4, 0.5) is 33.7 Å². The Hall–Kier alpha value is -4.92. The van der Waals surface area contributed by atoms with Crippen molar-refractivity contribution < 1.29 is 36.6 Å². The molecule has 1 saturated heterocycles. The number of halogens is 4. The zero-order chi connectivity index (χ0) is 32.3. The predicted octanol–water partition coefficient (Wildman–Crippen LogP) is 6.98. The summed E-state index contributed by atoms with van der Waals surface area (Å²) >= 11 is 1.14. The van der Waals surface area contributed by atoms with Crippen LogP contribution in [-0.2, 0) is 11.4 Å². The Balaban J connectivity index is 1.21. The molecule has 234 valence electrons. The van der Waals surface area contributed by atoms with Crippen molar-refractivity contribution in [2.45, 2.75) is 39.7 Å². The molecule has 0 radical (unpaired) electrons. The molecule has 3 amide bonds. The van der Waals surface area contributed by atoms with Gasteiger partial charge in [-0.15, -0.1) is 18.3 Å². The van der Waals surface area contributed by atoms with Crippen LogP contribution in [0.15, 0.2) is 72.0 Å². The number of carbonyl (C=O) groups excluding carboxylic acids is 2. The monoisotopic (exact) mass is 642 g/mol. The molecule has 0 saturated carbocycles. The van der Waals surface area contributed by atoms with Gasteiger partial charge in [0.2, 0.25) is 5.91 Å². The van der Waals surface area contributed by atoms with Crippen LogP contribution in [-0.4, -0.2) is 44.0 Å². The molecule has 0 unspecified atom stereocenters. The van der Waals surface area contributed by atoms with E-state index in [4.69, 9.17) is 4.74 Å². The molecule has 1 aliphatic heterocycles. The number of hydrogen-bond acceptors (Lipinski definition) is 7. The summed E-state index contributed by atoms with van der Waals surface area (Å²) in [5.74, 6) is -1.03. The Kier molecular flexibility index (Phi) is 9.09. The maximum absolute atomic E-state index is 14.8. The van der Waals surface area contributed by atoms with Crippen LogP contribution in [0.1, 0.15) is 36.7 Å². The average Bonchev–Trinajstić information content (AvgIpc) is 3.58. The zero-order valence-electron chi connectivity index (χ0n) is 24.1. The first-order chi connectivity index (χ1) is 21.4.